The zero-order valence-electron chi connectivity index (χ0n) is 35.0. The highest BCUT2D eigenvalue weighted by Gasteiger charge is 2.46. The first kappa shape index (κ1) is 37.8. The van der Waals surface area contributed by atoms with Crippen LogP contribution in [0.15, 0.2) is 231 Å². The van der Waals surface area contributed by atoms with Crippen LogP contribution in [0.2, 0.25) is 0 Å². The number of anilines is 3. The average molecular weight is 796 g/mol. The molecule has 1 nitrogen and oxygen atoms in total. The minimum atomic E-state index is -0.511. The lowest BCUT2D eigenvalue weighted by molar-refractivity contribution is 0.443. The fourth-order valence-electron chi connectivity index (χ4n) is 10.7. The first-order chi connectivity index (χ1) is 30.8. The monoisotopic (exact) mass is 795 g/mol. The van der Waals surface area contributed by atoms with Gasteiger partial charge in [0, 0.05) is 16.9 Å². The number of hydrogen-bond acceptors (Lipinski definition) is 1. The van der Waals surface area contributed by atoms with Crippen LogP contribution in [-0.4, -0.2) is 0 Å². The van der Waals surface area contributed by atoms with Crippen LogP contribution in [0.1, 0.15) is 65.8 Å². The van der Waals surface area contributed by atoms with Gasteiger partial charge in [-0.2, -0.15) is 0 Å². The summed E-state index contributed by atoms with van der Waals surface area (Å²) < 4.78 is 0. The molecule has 0 spiro atoms. The van der Waals surface area contributed by atoms with Crippen LogP contribution in [0.4, 0.5) is 17.1 Å². The molecule has 1 saturated carbocycles. The predicted octanol–water partition coefficient (Wildman–Crippen LogP) is 16.6. The van der Waals surface area contributed by atoms with E-state index in [0.29, 0.717) is 5.92 Å². The lowest BCUT2D eigenvalue weighted by Crippen LogP contribution is -2.28. The molecule has 0 aliphatic heterocycles. The number of fused-ring (bicyclic) bond motifs is 3. The third-order valence-electron chi connectivity index (χ3n) is 13.6. The molecule has 0 aromatic heterocycles. The molecule has 62 heavy (non-hydrogen) atoms. The first-order valence-electron chi connectivity index (χ1n) is 22.4. The minimum absolute atomic E-state index is 0.511. The van der Waals surface area contributed by atoms with E-state index in [9.17, 15) is 0 Å². The van der Waals surface area contributed by atoms with Gasteiger partial charge in [-0.15, -0.1) is 0 Å². The highest BCUT2D eigenvalue weighted by Crippen LogP contribution is 2.57. The van der Waals surface area contributed by atoms with Crippen LogP contribution >= 0.6 is 0 Å². The molecule has 298 valence electrons. The SMILES string of the molecule is c1ccc(-c2ccccc2-c2ccccc2N(c2ccc(-c3ccc(C4CCCCC4)cc3)cc2)c2ccc3c(c2)C(c2ccccc2)(c2ccccc2)c2ccccc2-3)cc1. The summed E-state index contributed by atoms with van der Waals surface area (Å²) in [6, 6.07) is 85.6. The molecule has 0 radical (unpaired) electrons. The van der Waals surface area contributed by atoms with Crippen molar-refractivity contribution in [2.24, 2.45) is 0 Å². The van der Waals surface area contributed by atoms with Gasteiger partial charge >= 0.3 is 0 Å². The second kappa shape index (κ2) is 16.3. The molecular weight excluding hydrogens is 747 g/mol. The topological polar surface area (TPSA) is 3.24 Å². The highest BCUT2D eigenvalue weighted by molar-refractivity contribution is 5.95. The smallest absolute Gasteiger partial charge is 0.0714 e. The lowest BCUT2D eigenvalue weighted by Gasteiger charge is -2.35. The molecule has 0 heterocycles. The van der Waals surface area contributed by atoms with Gasteiger partial charge in [0.25, 0.3) is 0 Å². The molecule has 0 atom stereocenters. The van der Waals surface area contributed by atoms with Gasteiger partial charge in [0.2, 0.25) is 0 Å². The van der Waals surface area contributed by atoms with Crippen molar-refractivity contribution in [1.82, 2.24) is 0 Å². The molecule has 2 aliphatic carbocycles. The average Bonchev–Trinajstić information content (AvgIpc) is 3.66. The van der Waals surface area contributed by atoms with Crippen LogP contribution < -0.4 is 4.90 Å². The lowest BCUT2D eigenvalue weighted by atomic mass is 9.67. The molecule has 0 saturated heterocycles. The third kappa shape index (κ3) is 6.57. The molecule has 2 aliphatic rings. The fraction of sp³-hybridized carbons (Fsp3) is 0.115. The van der Waals surface area contributed by atoms with E-state index in [-0.39, 0.29) is 0 Å². The molecule has 0 unspecified atom stereocenters. The van der Waals surface area contributed by atoms with Crippen LogP contribution in [0.25, 0.3) is 44.5 Å². The number of nitrogens with zero attached hydrogens (tertiary/aromatic N) is 1. The van der Waals surface area contributed by atoms with Gasteiger partial charge in [-0.3, -0.25) is 0 Å². The van der Waals surface area contributed by atoms with Gasteiger partial charge in [0.1, 0.15) is 0 Å². The summed E-state index contributed by atoms with van der Waals surface area (Å²) in [6.45, 7) is 0. The predicted molar refractivity (Wildman–Crippen MR) is 261 cm³/mol. The molecule has 11 rings (SSSR count). The second-order valence-corrected chi connectivity index (χ2v) is 17.0. The van der Waals surface area contributed by atoms with E-state index in [0.717, 1.165) is 17.1 Å². The molecule has 1 heteroatoms. The van der Waals surface area contributed by atoms with Crippen molar-refractivity contribution in [3.63, 3.8) is 0 Å². The zero-order chi connectivity index (χ0) is 41.3. The van der Waals surface area contributed by atoms with Crippen molar-refractivity contribution in [2.75, 3.05) is 4.90 Å². The molecule has 0 amide bonds. The third-order valence-corrected chi connectivity index (χ3v) is 13.6. The van der Waals surface area contributed by atoms with E-state index in [2.05, 4.69) is 235 Å². The fourth-order valence-corrected chi connectivity index (χ4v) is 10.7. The van der Waals surface area contributed by atoms with Gasteiger partial charge in [0.15, 0.2) is 0 Å². The summed E-state index contributed by atoms with van der Waals surface area (Å²) in [5.74, 6) is 0.698. The molecular formula is C61H49N. The normalized spacial score (nSPS) is 14.2. The maximum Gasteiger partial charge on any atom is 0.0714 e. The molecule has 0 bridgehead atoms. The van der Waals surface area contributed by atoms with Crippen LogP contribution in [0, 0.1) is 0 Å². The Morgan fingerprint density at radius 1 is 0.339 bits per heavy atom. The van der Waals surface area contributed by atoms with E-state index in [1.807, 2.05) is 0 Å². The van der Waals surface area contributed by atoms with E-state index < -0.39 is 5.41 Å². The van der Waals surface area contributed by atoms with Gasteiger partial charge in [-0.25, -0.2) is 0 Å². The Kier molecular flexibility index (Phi) is 9.94. The van der Waals surface area contributed by atoms with E-state index in [1.54, 1.807) is 0 Å². The number of para-hydroxylation sites is 1. The van der Waals surface area contributed by atoms with Gasteiger partial charge in [0.05, 0.1) is 11.1 Å². The number of hydrogen-bond donors (Lipinski definition) is 0. The quantitative estimate of drug-likeness (QED) is 0.141. The zero-order valence-corrected chi connectivity index (χ0v) is 35.0. The highest BCUT2D eigenvalue weighted by atomic mass is 15.1. The van der Waals surface area contributed by atoms with Crippen LogP contribution in [0.3, 0.4) is 0 Å². The minimum Gasteiger partial charge on any atom is -0.310 e. The largest absolute Gasteiger partial charge is 0.310 e. The summed E-state index contributed by atoms with van der Waals surface area (Å²) in [7, 11) is 0. The van der Waals surface area contributed by atoms with Gasteiger partial charge in [-0.05, 0) is 116 Å². The van der Waals surface area contributed by atoms with Crippen molar-refractivity contribution < 1.29 is 0 Å². The number of rotatable bonds is 9. The van der Waals surface area contributed by atoms with Crippen molar-refractivity contribution in [3.05, 3.63) is 258 Å². The van der Waals surface area contributed by atoms with E-state index >= 15 is 0 Å². The van der Waals surface area contributed by atoms with Crippen molar-refractivity contribution in [3.8, 4) is 44.5 Å². The summed E-state index contributed by atoms with van der Waals surface area (Å²) in [6.07, 6.45) is 6.70. The molecule has 1 fully saturated rings. The second-order valence-electron chi connectivity index (χ2n) is 17.0. The molecule has 9 aromatic rings. The Morgan fingerprint density at radius 3 is 1.50 bits per heavy atom. The molecule has 0 N–H and O–H groups in total. The standard InChI is InChI=1S/C61H49N/c1-5-19-44(20-6-1)45-33-35-46(36-34-45)47-37-39-51(40-38-47)62(60-32-18-16-30-57(60)54-28-14-13-27-53(54)48-21-7-2-8-22-48)52-41-42-56-55-29-15-17-31-58(55)61(59(56)43-52,49-23-9-3-10-24-49)50-25-11-4-12-26-50/h2-4,7-18,21-44H,1,5-6,19-20H2. The Morgan fingerprint density at radius 2 is 0.839 bits per heavy atom. The van der Waals surface area contributed by atoms with Crippen molar-refractivity contribution in [2.45, 2.75) is 43.4 Å². The van der Waals surface area contributed by atoms with Crippen LogP contribution in [-0.2, 0) is 5.41 Å². The summed E-state index contributed by atoms with van der Waals surface area (Å²) >= 11 is 0. The Hall–Kier alpha value is -7.22. The Balaban J connectivity index is 1.11. The van der Waals surface area contributed by atoms with Crippen LogP contribution in [0.5, 0.6) is 0 Å². The summed E-state index contributed by atoms with van der Waals surface area (Å²) in [4.78, 5) is 2.48. The van der Waals surface area contributed by atoms with Gasteiger partial charge < -0.3 is 4.90 Å². The molecule has 9 aromatic carbocycles. The van der Waals surface area contributed by atoms with Crippen molar-refractivity contribution in [1.29, 1.82) is 0 Å². The van der Waals surface area contributed by atoms with E-state index in [4.69, 9.17) is 0 Å². The van der Waals surface area contributed by atoms with Crippen molar-refractivity contribution >= 4 is 17.1 Å². The maximum atomic E-state index is 2.48. The van der Waals surface area contributed by atoms with E-state index in [1.165, 1.54) is 104 Å². The van der Waals surface area contributed by atoms with Gasteiger partial charge in [-0.1, -0.05) is 219 Å². The summed E-state index contributed by atoms with van der Waals surface area (Å²) in [5.41, 5.74) is 19.3. The Labute approximate surface area is 366 Å². The Bertz CT molecular complexity index is 2920. The first-order valence-corrected chi connectivity index (χ1v) is 22.4. The number of benzene rings is 9. The summed E-state index contributed by atoms with van der Waals surface area (Å²) in [5, 5.41) is 0. The maximum absolute atomic E-state index is 2.48.